The molecule has 0 N–H and O–H groups in total. The standard InChI is InChI=1S/C15H14N2O/c1-10-4-2-5-11(8-10)15-16-9-12-13(17-15)6-3-7-14(12)18/h2,4-5,8-9H,3,6-7H2,1H3. The SMILES string of the molecule is Cc1cccc(-c2ncc3c(n2)CCCC3=O)c1. The Balaban J connectivity index is 2.07. The normalized spacial score (nSPS) is 14.4. The number of nitrogens with zero attached hydrogens (tertiary/aromatic N) is 2. The van der Waals surface area contributed by atoms with E-state index in [-0.39, 0.29) is 5.78 Å². The Bertz CT molecular complexity index is 620. The minimum atomic E-state index is 0.173. The van der Waals surface area contributed by atoms with Crippen LogP contribution in [-0.4, -0.2) is 15.8 Å². The van der Waals surface area contributed by atoms with Crippen molar-refractivity contribution in [3.05, 3.63) is 47.3 Å². The first-order valence-corrected chi connectivity index (χ1v) is 6.20. The number of hydrogen-bond donors (Lipinski definition) is 0. The maximum atomic E-state index is 11.7. The van der Waals surface area contributed by atoms with Crippen molar-refractivity contribution >= 4 is 5.78 Å². The summed E-state index contributed by atoms with van der Waals surface area (Å²) >= 11 is 0. The van der Waals surface area contributed by atoms with Crippen molar-refractivity contribution in [1.29, 1.82) is 0 Å². The molecule has 3 heteroatoms. The number of rotatable bonds is 1. The number of benzene rings is 1. The molecular weight excluding hydrogens is 224 g/mol. The van der Waals surface area contributed by atoms with Gasteiger partial charge in [0, 0.05) is 18.2 Å². The second-order valence-corrected chi connectivity index (χ2v) is 4.70. The van der Waals surface area contributed by atoms with Gasteiger partial charge in [-0.2, -0.15) is 0 Å². The number of aryl methyl sites for hydroxylation is 2. The van der Waals surface area contributed by atoms with Crippen molar-refractivity contribution in [2.24, 2.45) is 0 Å². The fourth-order valence-electron chi connectivity index (χ4n) is 2.31. The summed E-state index contributed by atoms with van der Waals surface area (Å²) in [6, 6.07) is 8.11. The number of fused-ring (bicyclic) bond motifs is 1. The van der Waals surface area contributed by atoms with Crippen LogP contribution in [0.5, 0.6) is 0 Å². The zero-order chi connectivity index (χ0) is 12.5. The van der Waals surface area contributed by atoms with Crippen LogP contribution in [0.2, 0.25) is 0 Å². The van der Waals surface area contributed by atoms with E-state index in [1.165, 1.54) is 5.56 Å². The zero-order valence-corrected chi connectivity index (χ0v) is 10.3. The highest BCUT2D eigenvalue weighted by atomic mass is 16.1. The molecule has 18 heavy (non-hydrogen) atoms. The van der Waals surface area contributed by atoms with Crippen molar-refractivity contribution in [1.82, 2.24) is 9.97 Å². The van der Waals surface area contributed by atoms with Crippen LogP contribution in [0.15, 0.2) is 30.5 Å². The monoisotopic (exact) mass is 238 g/mol. The molecule has 0 saturated heterocycles. The molecule has 0 aliphatic heterocycles. The van der Waals surface area contributed by atoms with Gasteiger partial charge >= 0.3 is 0 Å². The summed E-state index contributed by atoms with van der Waals surface area (Å²) < 4.78 is 0. The van der Waals surface area contributed by atoms with Gasteiger partial charge in [0.2, 0.25) is 0 Å². The second-order valence-electron chi connectivity index (χ2n) is 4.70. The molecule has 3 rings (SSSR count). The first-order chi connectivity index (χ1) is 8.74. The van der Waals surface area contributed by atoms with E-state index < -0.39 is 0 Å². The number of carbonyl (C=O) groups is 1. The van der Waals surface area contributed by atoms with E-state index >= 15 is 0 Å². The Hall–Kier alpha value is -2.03. The van der Waals surface area contributed by atoms with Crippen LogP contribution in [0.4, 0.5) is 0 Å². The predicted molar refractivity (Wildman–Crippen MR) is 69.5 cm³/mol. The highest BCUT2D eigenvalue weighted by molar-refractivity contribution is 5.97. The van der Waals surface area contributed by atoms with Gasteiger partial charge in [0.25, 0.3) is 0 Å². The van der Waals surface area contributed by atoms with Gasteiger partial charge in [0.15, 0.2) is 11.6 Å². The Morgan fingerprint density at radius 1 is 1.22 bits per heavy atom. The summed E-state index contributed by atoms with van der Waals surface area (Å²) in [5, 5.41) is 0. The van der Waals surface area contributed by atoms with E-state index in [9.17, 15) is 4.79 Å². The van der Waals surface area contributed by atoms with Crippen molar-refractivity contribution in [3.63, 3.8) is 0 Å². The molecule has 0 fully saturated rings. The van der Waals surface area contributed by atoms with Gasteiger partial charge in [0.1, 0.15) is 0 Å². The fraction of sp³-hybridized carbons (Fsp3) is 0.267. The molecule has 0 saturated carbocycles. The minimum Gasteiger partial charge on any atom is -0.294 e. The summed E-state index contributed by atoms with van der Waals surface area (Å²) in [5.74, 6) is 0.888. The van der Waals surface area contributed by atoms with Gasteiger partial charge in [-0.3, -0.25) is 4.79 Å². The van der Waals surface area contributed by atoms with Crippen molar-refractivity contribution in [2.75, 3.05) is 0 Å². The van der Waals surface area contributed by atoms with Crippen LogP contribution in [-0.2, 0) is 6.42 Å². The smallest absolute Gasteiger partial charge is 0.166 e. The topological polar surface area (TPSA) is 42.9 Å². The van der Waals surface area contributed by atoms with E-state index in [1.807, 2.05) is 25.1 Å². The number of Topliss-reactive ketones (excluding diaryl/α,β-unsaturated/α-hetero) is 1. The van der Waals surface area contributed by atoms with E-state index in [4.69, 9.17) is 0 Å². The highest BCUT2D eigenvalue weighted by Crippen LogP contribution is 2.22. The maximum absolute atomic E-state index is 11.7. The molecule has 1 aromatic carbocycles. The second kappa shape index (κ2) is 4.33. The van der Waals surface area contributed by atoms with Gasteiger partial charge in [0.05, 0.1) is 11.3 Å². The van der Waals surface area contributed by atoms with Crippen LogP contribution in [0, 0.1) is 6.92 Å². The van der Waals surface area contributed by atoms with E-state index in [0.29, 0.717) is 17.8 Å². The lowest BCUT2D eigenvalue weighted by atomic mass is 9.96. The number of aromatic nitrogens is 2. The number of hydrogen-bond acceptors (Lipinski definition) is 3. The molecule has 3 nitrogen and oxygen atoms in total. The predicted octanol–water partition coefficient (Wildman–Crippen LogP) is 2.97. The molecule has 2 aromatic rings. The minimum absolute atomic E-state index is 0.173. The van der Waals surface area contributed by atoms with Gasteiger partial charge in [-0.05, 0) is 25.8 Å². The lowest BCUT2D eigenvalue weighted by Gasteiger charge is -2.13. The third kappa shape index (κ3) is 1.92. The molecule has 0 radical (unpaired) electrons. The first kappa shape index (κ1) is 11.1. The molecule has 0 spiro atoms. The van der Waals surface area contributed by atoms with Crippen LogP contribution in [0.3, 0.4) is 0 Å². The number of carbonyl (C=O) groups excluding carboxylic acids is 1. The molecular formula is C15H14N2O. The van der Waals surface area contributed by atoms with Crippen LogP contribution >= 0.6 is 0 Å². The Morgan fingerprint density at radius 3 is 2.94 bits per heavy atom. The van der Waals surface area contributed by atoms with Gasteiger partial charge in [-0.1, -0.05) is 23.8 Å². The molecule has 0 amide bonds. The van der Waals surface area contributed by atoms with Crippen molar-refractivity contribution in [3.8, 4) is 11.4 Å². The maximum Gasteiger partial charge on any atom is 0.166 e. The van der Waals surface area contributed by atoms with Crippen LogP contribution in [0.1, 0.15) is 34.5 Å². The van der Waals surface area contributed by atoms with E-state index in [0.717, 1.165) is 24.1 Å². The molecule has 0 bridgehead atoms. The molecule has 1 aliphatic rings. The van der Waals surface area contributed by atoms with Gasteiger partial charge < -0.3 is 0 Å². The van der Waals surface area contributed by atoms with Gasteiger partial charge in [-0.25, -0.2) is 9.97 Å². The molecule has 1 aliphatic carbocycles. The lowest BCUT2D eigenvalue weighted by molar-refractivity contribution is 0.0971. The Morgan fingerprint density at radius 2 is 2.11 bits per heavy atom. The molecule has 90 valence electrons. The van der Waals surface area contributed by atoms with E-state index in [2.05, 4.69) is 16.0 Å². The lowest BCUT2D eigenvalue weighted by Crippen LogP contribution is -2.13. The molecule has 1 heterocycles. The Kier molecular flexibility index (Phi) is 2.67. The van der Waals surface area contributed by atoms with Gasteiger partial charge in [-0.15, -0.1) is 0 Å². The molecule has 0 atom stereocenters. The molecule has 1 aromatic heterocycles. The average molecular weight is 238 g/mol. The summed E-state index contributed by atoms with van der Waals surface area (Å²) in [6.45, 7) is 2.05. The third-order valence-electron chi connectivity index (χ3n) is 3.26. The third-order valence-corrected chi connectivity index (χ3v) is 3.26. The highest BCUT2D eigenvalue weighted by Gasteiger charge is 2.19. The average Bonchev–Trinajstić information content (AvgIpc) is 2.39. The van der Waals surface area contributed by atoms with Crippen molar-refractivity contribution < 1.29 is 4.79 Å². The number of ketones is 1. The fourth-order valence-corrected chi connectivity index (χ4v) is 2.31. The Labute approximate surface area is 106 Å². The van der Waals surface area contributed by atoms with Crippen molar-refractivity contribution in [2.45, 2.75) is 26.2 Å². The zero-order valence-electron chi connectivity index (χ0n) is 10.3. The largest absolute Gasteiger partial charge is 0.294 e. The first-order valence-electron chi connectivity index (χ1n) is 6.20. The quantitative estimate of drug-likeness (QED) is 0.767. The summed E-state index contributed by atoms with van der Waals surface area (Å²) in [6.07, 6.45) is 4.08. The van der Waals surface area contributed by atoms with E-state index in [1.54, 1.807) is 6.20 Å². The summed E-state index contributed by atoms with van der Waals surface area (Å²) in [7, 11) is 0. The summed E-state index contributed by atoms with van der Waals surface area (Å²) in [5.41, 5.74) is 3.80. The van der Waals surface area contributed by atoms with Crippen LogP contribution < -0.4 is 0 Å². The van der Waals surface area contributed by atoms with Crippen LogP contribution in [0.25, 0.3) is 11.4 Å². The summed E-state index contributed by atoms with van der Waals surface area (Å²) in [4.78, 5) is 20.6. The molecule has 0 unspecified atom stereocenters.